The Balaban J connectivity index is 1.97. The highest BCUT2D eigenvalue weighted by Crippen LogP contribution is 2.42. The first-order chi connectivity index (χ1) is 12.7. The maximum Gasteiger partial charge on any atom is 0.0314 e. The molecule has 0 unspecified atom stereocenters. The molecule has 4 N–H and O–H groups in total. The number of hydrogen-bond donors (Lipinski definition) is 2. The second-order valence-electron chi connectivity index (χ2n) is 8.01. The number of rotatable bonds is 2. The summed E-state index contributed by atoms with van der Waals surface area (Å²) in [5.41, 5.74) is 16.6. The molecule has 2 heteroatoms. The lowest BCUT2D eigenvalue weighted by Gasteiger charge is -2.36. The Hall–Kier alpha value is -1.96. The van der Waals surface area contributed by atoms with Crippen molar-refractivity contribution in [2.24, 2.45) is 0 Å². The van der Waals surface area contributed by atoms with Crippen LogP contribution in [0.2, 0.25) is 0 Å². The van der Waals surface area contributed by atoms with E-state index < -0.39 is 0 Å². The quantitative estimate of drug-likeness (QED) is 0.612. The Kier molecular flexibility index (Phi) is 6.60. The van der Waals surface area contributed by atoms with Gasteiger partial charge in [-0.05, 0) is 48.2 Å². The molecule has 0 heterocycles. The van der Waals surface area contributed by atoms with Gasteiger partial charge < -0.3 is 11.5 Å². The van der Waals surface area contributed by atoms with Crippen molar-refractivity contribution in [3.63, 3.8) is 0 Å². The van der Waals surface area contributed by atoms with Crippen LogP contribution in [0, 0.1) is 0 Å². The van der Waals surface area contributed by atoms with Gasteiger partial charge in [0.2, 0.25) is 0 Å². The van der Waals surface area contributed by atoms with Gasteiger partial charge in [0, 0.05) is 16.8 Å². The lowest BCUT2D eigenvalue weighted by Crippen LogP contribution is -2.28. The highest BCUT2D eigenvalue weighted by molar-refractivity contribution is 5.48. The van der Waals surface area contributed by atoms with Gasteiger partial charge in [0.25, 0.3) is 0 Å². The summed E-state index contributed by atoms with van der Waals surface area (Å²) in [6.07, 6.45) is 14.6. The molecule has 0 amide bonds. The van der Waals surface area contributed by atoms with E-state index in [1.54, 1.807) is 0 Å². The minimum Gasteiger partial charge on any atom is -0.399 e. The smallest absolute Gasteiger partial charge is 0.0314 e. The van der Waals surface area contributed by atoms with Crippen molar-refractivity contribution in [3.8, 4) is 0 Å². The van der Waals surface area contributed by atoms with Crippen LogP contribution >= 0.6 is 0 Å². The van der Waals surface area contributed by atoms with Crippen molar-refractivity contribution in [2.75, 3.05) is 11.5 Å². The molecule has 2 nitrogen and oxygen atoms in total. The molecule has 1 fully saturated rings. The summed E-state index contributed by atoms with van der Waals surface area (Å²) < 4.78 is 0. The van der Waals surface area contributed by atoms with Crippen LogP contribution in [0.3, 0.4) is 0 Å². The zero-order valence-electron chi connectivity index (χ0n) is 16.1. The van der Waals surface area contributed by atoms with Gasteiger partial charge in [-0.15, -0.1) is 0 Å². The van der Waals surface area contributed by atoms with Crippen molar-refractivity contribution >= 4 is 11.4 Å². The van der Waals surface area contributed by atoms with E-state index in [1.165, 1.54) is 81.8 Å². The fraction of sp³-hybridized carbons (Fsp3) is 0.500. The van der Waals surface area contributed by atoms with E-state index in [4.69, 9.17) is 11.5 Å². The molecule has 26 heavy (non-hydrogen) atoms. The summed E-state index contributed by atoms with van der Waals surface area (Å²) in [5.74, 6) is 0. The molecular formula is C24H34N2. The van der Waals surface area contributed by atoms with Crippen LogP contribution in [0.5, 0.6) is 0 Å². The Morgan fingerprint density at radius 2 is 0.769 bits per heavy atom. The number of hydrogen-bond acceptors (Lipinski definition) is 2. The molecule has 0 aliphatic heterocycles. The van der Waals surface area contributed by atoms with E-state index >= 15 is 0 Å². The Morgan fingerprint density at radius 1 is 0.462 bits per heavy atom. The van der Waals surface area contributed by atoms with Crippen molar-refractivity contribution in [1.82, 2.24) is 0 Å². The zero-order chi connectivity index (χ0) is 18.2. The molecule has 2 aromatic carbocycles. The molecule has 2 aromatic rings. The van der Waals surface area contributed by atoms with E-state index in [-0.39, 0.29) is 5.41 Å². The van der Waals surface area contributed by atoms with E-state index in [2.05, 4.69) is 48.5 Å². The summed E-state index contributed by atoms with van der Waals surface area (Å²) in [7, 11) is 0. The van der Waals surface area contributed by atoms with Crippen LogP contribution in [0.15, 0.2) is 48.5 Å². The lowest BCUT2D eigenvalue weighted by atomic mass is 9.67. The Morgan fingerprint density at radius 3 is 1.12 bits per heavy atom. The molecule has 0 radical (unpaired) electrons. The van der Waals surface area contributed by atoms with Crippen LogP contribution in [0.25, 0.3) is 0 Å². The van der Waals surface area contributed by atoms with Crippen molar-refractivity contribution in [1.29, 1.82) is 0 Å². The van der Waals surface area contributed by atoms with Crippen molar-refractivity contribution in [2.45, 2.75) is 76.0 Å². The van der Waals surface area contributed by atoms with Gasteiger partial charge in [-0.1, -0.05) is 82.1 Å². The summed E-state index contributed by atoms with van der Waals surface area (Å²) in [4.78, 5) is 0. The molecule has 0 atom stereocenters. The van der Waals surface area contributed by atoms with Gasteiger partial charge in [0.05, 0.1) is 0 Å². The Bertz CT molecular complexity index is 598. The maximum absolute atomic E-state index is 5.98. The van der Waals surface area contributed by atoms with Gasteiger partial charge in [-0.25, -0.2) is 0 Å². The van der Waals surface area contributed by atoms with Crippen molar-refractivity contribution < 1.29 is 0 Å². The zero-order valence-corrected chi connectivity index (χ0v) is 16.1. The van der Waals surface area contributed by atoms with E-state index in [0.29, 0.717) is 0 Å². The fourth-order valence-corrected chi connectivity index (χ4v) is 4.56. The third-order valence-corrected chi connectivity index (χ3v) is 6.13. The Labute approximate surface area is 159 Å². The minimum absolute atomic E-state index is 0.0839. The third-order valence-electron chi connectivity index (χ3n) is 6.13. The SMILES string of the molecule is Nc1ccc(C2(c3ccc(N)cc3)CCCCCCCCCCC2)cc1. The number of nitrogens with two attached hydrogens (primary N) is 2. The van der Waals surface area contributed by atoms with Gasteiger partial charge in [0.1, 0.15) is 0 Å². The maximum atomic E-state index is 5.98. The average Bonchev–Trinajstić information content (AvgIpc) is 2.64. The molecule has 0 saturated heterocycles. The standard InChI is InChI=1S/C24H34N2/c25-22-14-10-20(11-15-22)24(21-12-16-23(26)17-13-21)18-8-6-4-2-1-3-5-7-9-19-24/h10-17H,1-9,18-19,25-26H2. The van der Waals surface area contributed by atoms with Gasteiger partial charge >= 0.3 is 0 Å². The highest BCUT2D eigenvalue weighted by Gasteiger charge is 2.33. The van der Waals surface area contributed by atoms with Gasteiger partial charge in [-0.2, -0.15) is 0 Å². The predicted octanol–water partition coefficient (Wildman–Crippen LogP) is 6.44. The normalized spacial score (nSPS) is 19.2. The topological polar surface area (TPSA) is 52.0 Å². The molecule has 3 rings (SSSR count). The number of benzene rings is 2. The molecule has 0 bridgehead atoms. The molecule has 1 saturated carbocycles. The van der Waals surface area contributed by atoms with Crippen LogP contribution in [-0.4, -0.2) is 0 Å². The molecule has 0 aromatic heterocycles. The summed E-state index contributed by atoms with van der Waals surface area (Å²) in [6.45, 7) is 0. The molecular weight excluding hydrogens is 316 g/mol. The van der Waals surface area contributed by atoms with Crippen LogP contribution in [0.1, 0.15) is 81.8 Å². The first kappa shape index (κ1) is 18.8. The van der Waals surface area contributed by atoms with E-state index in [9.17, 15) is 0 Å². The molecule has 1 aliphatic carbocycles. The summed E-state index contributed by atoms with van der Waals surface area (Å²) in [6, 6.07) is 17.2. The second-order valence-corrected chi connectivity index (χ2v) is 8.01. The molecule has 0 spiro atoms. The van der Waals surface area contributed by atoms with E-state index in [0.717, 1.165) is 11.4 Å². The molecule has 1 aliphatic rings. The summed E-state index contributed by atoms with van der Waals surface area (Å²) in [5, 5.41) is 0. The largest absolute Gasteiger partial charge is 0.399 e. The average molecular weight is 351 g/mol. The fourth-order valence-electron chi connectivity index (χ4n) is 4.56. The monoisotopic (exact) mass is 350 g/mol. The van der Waals surface area contributed by atoms with Crippen molar-refractivity contribution in [3.05, 3.63) is 59.7 Å². The minimum atomic E-state index is 0.0839. The van der Waals surface area contributed by atoms with E-state index in [1.807, 2.05) is 0 Å². The van der Waals surface area contributed by atoms with Gasteiger partial charge in [0.15, 0.2) is 0 Å². The first-order valence-electron chi connectivity index (χ1n) is 10.4. The molecule has 140 valence electrons. The number of nitrogen functional groups attached to an aromatic ring is 2. The predicted molar refractivity (Wildman–Crippen MR) is 113 cm³/mol. The number of anilines is 2. The summed E-state index contributed by atoms with van der Waals surface area (Å²) >= 11 is 0. The highest BCUT2D eigenvalue weighted by atomic mass is 14.5. The lowest BCUT2D eigenvalue weighted by molar-refractivity contribution is 0.383. The van der Waals surface area contributed by atoms with Crippen LogP contribution in [-0.2, 0) is 5.41 Å². The van der Waals surface area contributed by atoms with Crippen LogP contribution < -0.4 is 11.5 Å². The van der Waals surface area contributed by atoms with Crippen LogP contribution in [0.4, 0.5) is 11.4 Å². The first-order valence-corrected chi connectivity index (χ1v) is 10.4. The van der Waals surface area contributed by atoms with Gasteiger partial charge in [-0.3, -0.25) is 0 Å². The third kappa shape index (κ3) is 4.60. The second kappa shape index (κ2) is 9.12.